The Hall–Kier alpha value is -4.35. The third-order valence-electron chi connectivity index (χ3n) is 9.08. The van der Waals surface area contributed by atoms with Crippen molar-refractivity contribution in [1.82, 2.24) is 15.3 Å². The van der Waals surface area contributed by atoms with Crippen molar-refractivity contribution in [3.05, 3.63) is 71.0 Å². The molecule has 2 N–H and O–H groups in total. The number of rotatable bonds is 8. The number of fused-ring (bicyclic) bond motifs is 3. The minimum atomic E-state index is -4.97. The van der Waals surface area contributed by atoms with E-state index in [0.29, 0.717) is 43.9 Å². The SMILES string of the molecule is COc1cccc(COc2ccc3c(c2)CCN3c2ncc(C(=O)NC3(C(=O)O)CC4CC(C)CC3C4)c(C(F)(F)F)n2)c1. The summed E-state index contributed by atoms with van der Waals surface area (Å²) in [4.78, 5) is 35.3. The number of amides is 1. The maximum absolute atomic E-state index is 14.3. The molecule has 2 saturated carbocycles. The van der Waals surface area contributed by atoms with Crippen LogP contribution >= 0.6 is 0 Å². The number of carbonyl (C=O) groups is 2. The molecule has 2 fully saturated rings. The lowest BCUT2D eigenvalue weighted by molar-refractivity contribution is -0.146. The molecule has 44 heavy (non-hydrogen) atoms. The molecule has 0 spiro atoms. The zero-order valence-electron chi connectivity index (χ0n) is 24.4. The molecule has 1 amide bonds. The van der Waals surface area contributed by atoms with Crippen molar-refractivity contribution in [2.24, 2.45) is 17.8 Å². The van der Waals surface area contributed by atoms with Gasteiger partial charge >= 0.3 is 12.1 Å². The molecule has 4 unspecified atom stereocenters. The van der Waals surface area contributed by atoms with Crippen molar-refractivity contribution < 1.29 is 37.3 Å². The Morgan fingerprint density at radius 3 is 2.70 bits per heavy atom. The number of benzene rings is 2. The van der Waals surface area contributed by atoms with Gasteiger partial charge in [-0.15, -0.1) is 0 Å². The second-order valence-corrected chi connectivity index (χ2v) is 12.1. The van der Waals surface area contributed by atoms with Gasteiger partial charge in [-0.05, 0) is 91.3 Å². The average molecular weight is 611 g/mol. The first-order valence-corrected chi connectivity index (χ1v) is 14.6. The zero-order chi connectivity index (χ0) is 31.2. The molecule has 232 valence electrons. The number of carboxylic acids is 1. The van der Waals surface area contributed by atoms with E-state index in [4.69, 9.17) is 9.47 Å². The largest absolute Gasteiger partial charge is 0.497 e. The van der Waals surface area contributed by atoms with E-state index in [0.717, 1.165) is 29.5 Å². The van der Waals surface area contributed by atoms with Crippen LogP contribution in [0.1, 0.15) is 59.8 Å². The molecular weight excluding hydrogens is 577 g/mol. The molecule has 0 saturated heterocycles. The van der Waals surface area contributed by atoms with Crippen LogP contribution in [0.5, 0.6) is 11.5 Å². The number of nitrogens with zero attached hydrogens (tertiary/aromatic N) is 3. The Bertz CT molecular complexity index is 1600. The first kappa shape index (κ1) is 29.7. The Kier molecular flexibility index (Phi) is 7.63. The third-order valence-corrected chi connectivity index (χ3v) is 9.08. The third kappa shape index (κ3) is 5.53. The minimum absolute atomic E-state index is 0.101. The number of halogens is 3. The second-order valence-electron chi connectivity index (χ2n) is 12.1. The van der Waals surface area contributed by atoms with E-state index in [1.54, 1.807) is 24.1 Å². The molecule has 2 aliphatic carbocycles. The van der Waals surface area contributed by atoms with E-state index in [-0.39, 0.29) is 30.1 Å². The summed E-state index contributed by atoms with van der Waals surface area (Å²) in [6, 6.07) is 12.8. The van der Waals surface area contributed by atoms with Gasteiger partial charge in [0.05, 0.1) is 12.7 Å². The fourth-order valence-corrected chi connectivity index (χ4v) is 7.16. The van der Waals surface area contributed by atoms with Crippen molar-refractivity contribution in [1.29, 1.82) is 0 Å². The molecule has 2 heterocycles. The average Bonchev–Trinajstić information content (AvgIpc) is 3.53. The lowest BCUT2D eigenvalue weighted by Gasteiger charge is -2.33. The van der Waals surface area contributed by atoms with Crippen LogP contribution in [0.3, 0.4) is 0 Å². The van der Waals surface area contributed by atoms with Gasteiger partial charge in [-0.3, -0.25) is 4.79 Å². The molecule has 2 aromatic carbocycles. The van der Waals surface area contributed by atoms with Gasteiger partial charge in [0.25, 0.3) is 5.91 Å². The summed E-state index contributed by atoms with van der Waals surface area (Å²) < 4.78 is 54.1. The maximum atomic E-state index is 14.3. The molecule has 3 aliphatic rings. The maximum Gasteiger partial charge on any atom is 0.434 e. The zero-order valence-corrected chi connectivity index (χ0v) is 24.4. The van der Waals surface area contributed by atoms with Crippen molar-refractivity contribution in [3.8, 4) is 11.5 Å². The van der Waals surface area contributed by atoms with Crippen LogP contribution < -0.4 is 19.7 Å². The molecule has 3 aromatic rings. The number of methoxy groups -OCH3 is 1. The van der Waals surface area contributed by atoms with E-state index >= 15 is 0 Å². The van der Waals surface area contributed by atoms with Crippen LogP contribution in [-0.2, 0) is 24.0 Å². The minimum Gasteiger partial charge on any atom is -0.497 e. The van der Waals surface area contributed by atoms with Crippen LogP contribution in [0, 0.1) is 17.8 Å². The van der Waals surface area contributed by atoms with E-state index < -0.39 is 34.8 Å². The summed E-state index contributed by atoms with van der Waals surface area (Å²) in [5.74, 6) is -1.20. The number of nitrogens with one attached hydrogen (secondary N) is 1. The summed E-state index contributed by atoms with van der Waals surface area (Å²) in [6.45, 7) is 2.67. The Labute approximate surface area is 252 Å². The molecule has 12 heteroatoms. The Morgan fingerprint density at radius 1 is 1.14 bits per heavy atom. The standard InChI is InChI=1S/C32H33F3N4O5/c1-18-10-20-12-22(11-18)31(15-20,29(41)42)38-28(40)25-16-36-30(37-27(25)32(33,34)35)39-9-8-21-14-24(6-7-26(21)39)44-17-19-4-3-5-23(13-19)43-2/h3-7,13-14,16,18,20,22H,8-12,15,17H2,1-2H3,(H,38,40)(H,41,42). The van der Waals surface area contributed by atoms with Crippen molar-refractivity contribution in [3.63, 3.8) is 0 Å². The highest BCUT2D eigenvalue weighted by Crippen LogP contribution is 2.50. The number of aliphatic carboxylic acids is 1. The van der Waals surface area contributed by atoms with Crippen molar-refractivity contribution in [2.45, 2.75) is 57.3 Å². The molecule has 9 nitrogen and oxygen atoms in total. The number of carbonyl (C=O) groups excluding carboxylic acids is 1. The molecule has 6 rings (SSSR count). The summed E-state index contributed by atoms with van der Waals surface area (Å²) >= 11 is 0. The number of anilines is 2. The van der Waals surface area contributed by atoms with Gasteiger partial charge in [0.1, 0.15) is 23.6 Å². The highest BCUT2D eigenvalue weighted by Gasteiger charge is 2.56. The van der Waals surface area contributed by atoms with Gasteiger partial charge < -0.3 is 24.8 Å². The fourth-order valence-electron chi connectivity index (χ4n) is 7.16. The Balaban J connectivity index is 1.23. The van der Waals surface area contributed by atoms with Gasteiger partial charge in [-0.1, -0.05) is 19.1 Å². The number of ether oxygens (including phenoxy) is 2. The summed E-state index contributed by atoms with van der Waals surface area (Å²) in [5, 5.41) is 12.6. The smallest absolute Gasteiger partial charge is 0.434 e. The van der Waals surface area contributed by atoms with Crippen LogP contribution in [0.2, 0.25) is 0 Å². The van der Waals surface area contributed by atoms with Crippen LogP contribution in [0.25, 0.3) is 0 Å². The molecule has 1 aliphatic heterocycles. The molecule has 4 atom stereocenters. The number of aromatic nitrogens is 2. The second kappa shape index (κ2) is 11.3. The predicted molar refractivity (Wildman–Crippen MR) is 154 cm³/mol. The van der Waals surface area contributed by atoms with E-state index in [2.05, 4.69) is 15.3 Å². The Morgan fingerprint density at radius 2 is 1.95 bits per heavy atom. The van der Waals surface area contributed by atoms with E-state index in [1.165, 1.54) is 0 Å². The quantitative estimate of drug-likeness (QED) is 0.330. The van der Waals surface area contributed by atoms with Crippen molar-refractivity contribution in [2.75, 3.05) is 18.6 Å². The number of carboxylic acid groups (broad SMARTS) is 1. The van der Waals surface area contributed by atoms with Crippen LogP contribution in [0.15, 0.2) is 48.7 Å². The molecule has 2 bridgehead atoms. The lowest BCUT2D eigenvalue weighted by atomic mass is 9.78. The topological polar surface area (TPSA) is 114 Å². The number of alkyl halides is 3. The van der Waals surface area contributed by atoms with Gasteiger partial charge in [0.2, 0.25) is 5.95 Å². The number of hydrogen-bond donors (Lipinski definition) is 2. The van der Waals surface area contributed by atoms with Gasteiger partial charge in [-0.25, -0.2) is 14.8 Å². The van der Waals surface area contributed by atoms with E-state index in [9.17, 15) is 27.9 Å². The van der Waals surface area contributed by atoms with Gasteiger partial charge in [0, 0.05) is 18.4 Å². The molecule has 1 aromatic heterocycles. The first-order valence-electron chi connectivity index (χ1n) is 14.6. The van der Waals surface area contributed by atoms with Crippen LogP contribution in [0.4, 0.5) is 24.8 Å². The monoisotopic (exact) mass is 610 g/mol. The summed E-state index contributed by atoms with van der Waals surface area (Å²) in [7, 11) is 1.59. The molecule has 0 radical (unpaired) electrons. The summed E-state index contributed by atoms with van der Waals surface area (Å²) in [5.41, 5.74) is -1.39. The summed E-state index contributed by atoms with van der Waals surface area (Å²) in [6.07, 6.45) is -1.35. The van der Waals surface area contributed by atoms with Crippen LogP contribution in [-0.4, -0.2) is 46.1 Å². The lowest BCUT2D eigenvalue weighted by Crippen LogP contribution is -2.57. The first-order chi connectivity index (χ1) is 21.0. The van der Waals surface area contributed by atoms with Gasteiger partial charge in [-0.2, -0.15) is 13.2 Å². The highest BCUT2D eigenvalue weighted by molar-refractivity contribution is 5.99. The number of hydrogen-bond acceptors (Lipinski definition) is 7. The van der Waals surface area contributed by atoms with Crippen molar-refractivity contribution >= 4 is 23.5 Å². The van der Waals surface area contributed by atoms with Gasteiger partial charge in [0.15, 0.2) is 5.69 Å². The highest BCUT2D eigenvalue weighted by atomic mass is 19.4. The normalized spacial score (nSPS) is 24.1. The fraction of sp³-hybridized carbons (Fsp3) is 0.438. The molecular formula is C32H33F3N4O5. The van der Waals surface area contributed by atoms with E-state index in [1.807, 2.05) is 37.3 Å². The predicted octanol–water partition coefficient (Wildman–Crippen LogP) is 5.79.